The zero-order valence-electron chi connectivity index (χ0n) is 14.5. The van der Waals surface area contributed by atoms with Crippen molar-refractivity contribution in [3.05, 3.63) is 60.7 Å². The third-order valence-corrected chi connectivity index (χ3v) is 2.61. The molecular weight excluding hydrogens is 252 g/mol. The van der Waals surface area contributed by atoms with Crippen LogP contribution in [0.25, 0.3) is 21.5 Å². The van der Waals surface area contributed by atoms with Crippen LogP contribution in [0.2, 0.25) is 0 Å². The van der Waals surface area contributed by atoms with Crippen molar-refractivity contribution in [1.82, 2.24) is 0 Å². The average molecular weight is 282 g/mol. The zero-order chi connectivity index (χ0) is 16.1. The molecule has 3 rings (SSSR count). The zero-order valence-corrected chi connectivity index (χ0v) is 14.5. The van der Waals surface area contributed by atoms with Gasteiger partial charge in [-0.1, -0.05) is 96.5 Å². The van der Waals surface area contributed by atoms with Gasteiger partial charge in [-0.2, -0.15) is 0 Å². The van der Waals surface area contributed by atoms with Crippen molar-refractivity contribution in [2.75, 3.05) is 0 Å². The first kappa shape index (κ1) is 19.2. The van der Waals surface area contributed by atoms with E-state index in [0.29, 0.717) is 0 Å². The summed E-state index contributed by atoms with van der Waals surface area (Å²) in [5.74, 6) is 0. The van der Waals surface area contributed by atoms with Crippen molar-refractivity contribution in [2.45, 2.75) is 48.0 Å². The molecule has 0 radical (unpaired) electrons. The van der Waals surface area contributed by atoms with E-state index in [1.54, 1.807) is 0 Å². The molecule has 0 aliphatic carbocycles. The van der Waals surface area contributed by atoms with Crippen LogP contribution in [0.1, 0.15) is 48.0 Å². The van der Waals surface area contributed by atoms with Crippen molar-refractivity contribution in [1.29, 1.82) is 0 Å². The molecule has 0 aliphatic heterocycles. The highest BCUT2D eigenvalue weighted by Gasteiger charge is 1.95. The lowest BCUT2D eigenvalue weighted by Gasteiger charge is -2.00. The summed E-state index contributed by atoms with van der Waals surface area (Å²) >= 11 is 0. The summed E-state index contributed by atoms with van der Waals surface area (Å²) in [6.07, 6.45) is 1.25. The fourth-order valence-corrected chi connectivity index (χ4v) is 1.88. The summed E-state index contributed by atoms with van der Waals surface area (Å²) in [4.78, 5) is 0. The molecule has 0 aromatic heterocycles. The lowest BCUT2D eigenvalue weighted by molar-refractivity contribution is 1.09. The van der Waals surface area contributed by atoms with Crippen LogP contribution in [-0.4, -0.2) is 0 Å². The molecule has 0 spiro atoms. The minimum Gasteiger partial charge on any atom is -0.0683 e. The van der Waals surface area contributed by atoms with E-state index in [0.717, 1.165) is 0 Å². The van der Waals surface area contributed by atoms with Crippen molar-refractivity contribution in [3.63, 3.8) is 0 Å². The maximum atomic E-state index is 2.24. The van der Waals surface area contributed by atoms with Gasteiger partial charge in [-0.3, -0.25) is 0 Å². The summed E-state index contributed by atoms with van der Waals surface area (Å²) in [5, 5.41) is 5.25. The highest BCUT2D eigenvalue weighted by atomic mass is 14.0. The Kier molecular flexibility index (Phi) is 10.9. The van der Waals surface area contributed by atoms with Crippen LogP contribution in [0, 0.1) is 0 Å². The first-order chi connectivity index (χ1) is 10.3. The highest BCUT2D eigenvalue weighted by molar-refractivity contribution is 5.98. The Balaban J connectivity index is 0.000000500. The Morgan fingerprint density at radius 3 is 0.905 bits per heavy atom. The van der Waals surface area contributed by atoms with Gasteiger partial charge in [0, 0.05) is 0 Å². The molecule has 21 heavy (non-hydrogen) atoms. The van der Waals surface area contributed by atoms with Gasteiger partial charge in [0.1, 0.15) is 0 Å². The van der Waals surface area contributed by atoms with E-state index < -0.39 is 0 Å². The fraction of sp³-hybridized carbons (Fsp3) is 0.333. The number of hydrogen-bond donors (Lipinski definition) is 0. The summed E-state index contributed by atoms with van der Waals surface area (Å²) in [5.41, 5.74) is 0. The number of rotatable bonds is 0. The maximum Gasteiger partial charge on any atom is -0.0178 e. The maximum absolute atomic E-state index is 2.24. The Morgan fingerprint density at radius 2 is 0.714 bits per heavy atom. The number of benzene rings is 3. The molecule has 0 heteroatoms. The molecule has 3 aromatic rings. The van der Waals surface area contributed by atoms with Crippen LogP contribution in [-0.2, 0) is 0 Å². The molecule has 0 N–H and O–H groups in total. The van der Waals surface area contributed by atoms with E-state index in [2.05, 4.69) is 74.5 Å². The van der Waals surface area contributed by atoms with Crippen molar-refractivity contribution in [2.24, 2.45) is 0 Å². The SMILES string of the molecule is CC.CC.CCC.c1ccc2cc3ccccc3cc2c1. The Labute approximate surface area is 130 Å². The normalized spacial score (nSPS) is 8.67. The predicted molar refractivity (Wildman–Crippen MR) is 100 cm³/mol. The van der Waals surface area contributed by atoms with Crippen LogP contribution in [0.5, 0.6) is 0 Å². The summed E-state index contributed by atoms with van der Waals surface area (Å²) in [6, 6.07) is 21.4. The molecule has 0 atom stereocenters. The Bertz CT molecular complexity index is 503. The van der Waals surface area contributed by atoms with E-state index in [1.807, 2.05) is 27.7 Å². The number of hydrogen-bond acceptors (Lipinski definition) is 0. The Hall–Kier alpha value is -1.82. The van der Waals surface area contributed by atoms with Crippen LogP contribution >= 0.6 is 0 Å². The minimum atomic E-state index is 1.25. The van der Waals surface area contributed by atoms with Crippen molar-refractivity contribution in [3.8, 4) is 0 Å². The average Bonchev–Trinajstić information content (AvgIpc) is 2.57. The monoisotopic (exact) mass is 282 g/mol. The Morgan fingerprint density at radius 1 is 0.524 bits per heavy atom. The molecule has 0 saturated heterocycles. The predicted octanol–water partition coefficient (Wildman–Crippen LogP) is 7.46. The second kappa shape index (κ2) is 12.0. The molecule has 0 heterocycles. The molecule has 0 unspecified atom stereocenters. The first-order valence-corrected chi connectivity index (χ1v) is 8.22. The lowest BCUT2D eigenvalue weighted by atomic mass is 10.0. The molecule has 114 valence electrons. The second-order valence-corrected chi connectivity index (χ2v) is 4.25. The molecule has 0 nitrogen and oxygen atoms in total. The van der Waals surface area contributed by atoms with Gasteiger partial charge in [-0.05, 0) is 33.7 Å². The second-order valence-electron chi connectivity index (χ2n) is 4.25. The van der Waals surface area contributed by atoms with Crippen molar-refractivity contribution < 1.29 is 0 Å². The fourth-order valence-electron chi connectivity index (χ4n) is 1.88. The van der Waals surface area contributed by atoms with E-state index in [1.165, 1.54) is 28.0 Å². The van der Waals surface area contributed by atoms with Gasteiger partial charge in [0.25, 0.3) is 0 Å². The largest absolute Gasteiger partial charge is 0.0683 e. The summed E-state index contributed by atoms with van der Waals surface area (Å²) in [6.45, 7) is 12.2. The van der Waals surface area contributed by atoms with E-state index >= 15 is 0 Å². The lowest BCUT2D eigenvalue weighted by Crippen LogP contribution is -1.74. The smallest absolute Gasteiger partial charge is 0.0178 e. The molecule has 0 amide bonds. The van der Waals surface area contributed by atoms with Gasteiger partial charge in [-0.25, -0.2) is 0 Å². The van der Waals surface area contributed by atoms with Gasteiger partial charge in [0.05, 0.1) is 0 Å². The van der Waals surface area contributed by atoms with E-state index in [9.17, 15) is 0 Å². The van der Waals surface area contributed by atoms with Gasteiger partial charge in [-0.15, -0.1) is 0 Å². The molecule has 3 aromatic carbocycles. The molecular formula is C21H30. The minimum absolute atomic E-state index is 1.25. The molecule has 0 fully saturated rings. The van der Waals surface area contributed by atoms with Gasteiger partial charge >= 0.3 is 0 Å². The van der Waals surface area contributed by atoms with Crippen LogP contribution in [0.4, 0.5) is 0 Å². The topological polar surface area (TPSA) is 0 Å². The van der Waals surface area contributed by atoms with Crippen molar-refractivity contribution >= 4 is 21.5 Å². The van der Waals surface area contributed by atoms with E-state index in [4.69, 9.17) is 0 Å². The molecule has 0 bridgehead atoms. The van der Waals surface area contributed by atoms with E-state index in [-0.39, 0.29) is 0 Å². The summed E-state index contributed by atoms with van der Waals surface area (Å²) < 4.78 is 0. The van der Waals surface area contributed by atoms with Crippen LogP contribution in [0.15, 0.2) is 60.7 Å². The van der Waals surface area contributed by atoms with Gasteiger partial charge in [0.2, 0.25) is 0 Å². The highest BCUT2D eigenvalue weighted by Crippen LogP contribution is 2.21. The third-order valence-electron chi connectivity index (χ3n) is 2.61. The molecule has 0 aliphatic rings. The quantitative estimate of drug-likeness (QED) is 0.375. The standard InChI is InChI=1S/C14H10.C3H8.2C2H6/c1-2-6-12-10-14-8-4-3-7-13(14)9-11(12)5-1;1-3-2;2*1-2/h1-10H;3H2,1-2H3;2*1-2H3. The number of fused-ring (bicyclic) bond motifs is 2. The third kappa shape index (κ3) is 5.99. The van der Waals surface area contributed by atoms with Crippen LogP contribution in [0.3, 0.4) is 0 Å². The summed E-state index contributed by atoms with van der Waals surface area (Å²) in [7, 11) is 0. The van der Waals surface area contributed by atoms with Gasteiger partial charge < -0.3 is 0 Å². The molecule has 0 saturated carbocycles. The van der Waals surface area contributed by atoms with Crippen LogP contribution < -0.4 is 0 Å². The first-order valence-electron chi connectivity index (χ1n) is 8.22. The van der Waals surface area contributed by atoms with Gasteiger partial charge in [0.15, 0.2) is 0 Å².